The number of aromatic nitrogens is 2. The molecule has 0 aliphatic carbocycles. The second-order valence-corrected chi connectivity index (χ2v) is 6.86. The summed E-state index contributed by atoms with van der Waals surface area (Å²) >= 11 is 1.70. The van der Waals surface area contributed by atoms with Crippen LogP contribution in [0.2, 0.25) is 0 Å². The van der Waals surface area contributed by atoms with Gasteiger partial charge >= 0.3 is 0 Å². The van der Waals surface area contributed by atoms with Gasteiger partial charge in [-0.05, 0) is 24.9 Å². The highest BCUT2D eigenvalue weighted by Gasteiger charge is 2.23. The number of rotatable bonds is 7. The summed E-state index contributed by atoms with van der Waals surface area (Å²) in [6, 6.07) is 0. The Bertz CT molecular complexity index is 484. The topological polar surface area (TPSA) is 101 Å². The molecule has 4 N–H and O–H groups in total. The maximum Gasteiger partial charge on any atom is 0.244 e. The molecular formula is C10H20N4O2S2. The molecule has 104 valence electrons. The molecule has 0 saturated carbocycles. The zero-order valence-electron chi connectivity index (χ0n) is 10.9. The summed E-state index contributed by atoms with van der Waals surface area (Å²) in [6.45, 7) is 4.19. The highest BCUT2D eigenvalue weighted by molar-refractivity contribution is 7.98. The number of H-pyrrole nitrogens is 1. The molecule has 1 heterocycles. The minimum absolute atomic E-state index is 0.0982. The van der Waals surface area contributed by atoms with E-state index in [1.807, 2.05) is 13.2 Å². The van der Waals surface area contributed by atoms with E-state index in [4.69, 9.17) is 5.73 Å². The Kier molecular flexibility index (Phi) is 5.64. The lowest BCUT2D eigenvalue weighted by Gasteiger charge is -2.12. The molecule has 1 aromatic heterocycles. The van der Waals surface area contributed by atoms with Crippen LogP contribution < -0.4 is 10.5 Å². The maximum absolute atomic E-state index is 12.2. The number of hydrogen-bond donors (Lipinski definition) is 3. The molecular weight excluding hydrogens is 272 g/mol. The zero-order chi connectivity index (χ0) is 13.8. The Morgan fingerprint density at radius 1 is 1.56 bits per heavy atom. The normalized spacial score (nSPS) is 13.8. The molecule has 0 aromatic carbocycles. The molecule has 1 atom stereocenters. The molecule has 0 saturated heterocycles. The number of thioether (sulfide) groups is 1. The van der Waals surface area contributed by atoms with Gasteiger partial charge in [0.25, 0.3) is 0 Å². The van der Waals surface area contributed by atoms with Gasteiger partial charge in [-0.25, -0.2) is 13.1 Å². The molecule has 0 bridgehead atoms. The molecule has 6 nitrogen and oxygen atoms in total. The second kappa shape index (κ2) is 6.55. The van der Waals surface area contributed by atoms with Crippen LogP contribution in [0.15, 0.2) is 4.90 Å². The van der Waals surface area contributed by atoms with Crippen LogP contribution in [0.5, 0.6) is 0 Å². The van der Waals surface area contributed by atoms with E-state index in [0.717, 1.165) is 5.75 Å². The van der Waals surface area contributed by atoms with Gasteiger partial charge in [0.1, 0.15) is 4.90 Å². The number of sulfonamides is 1. The third-order valence-electron chi connectivity index (χ3n) is 2.50. The van der Waals surface area contributed by atoms with Crippen molar-refractivity contribution in [3.8, 4) is 0 Å². The average Bonchev–Trinajstić information content (AvgIpc) is 2.69. The molecule has 18 heavy (non-hydrogen) atoms. The smallest absolute Gasteiger partial charge is 0.244 e. The van der Waals surface area contributed by atoms with Crippen LogP contribution in [-0.4, -0.2) is 37.2 Å². The van der Waals surface area contributed by atoms with Gasteiger partial charge in [0, 0.05) is 13.1 Å². The van der Waals surface area contributed by atoms with Crippen LogP contribution in [0.4, 0.5) is 0 Å². The zero-order valence-corrected chi connectivity index (χ0v) is 12.5. The minimum Gasteiger partial charge on any atom is -0.325 e. The van der Waals surface area contributed by atoms with E-state index in [0.29, 0.717) is 17.9 Å². The van der Waals surface area contributed by atoms with Crippen molar-refractivity contribution >= 4 is 21.8 Å². The van der Waals surface area contributed by atoms with Crippen molar-refractivity contribution in [2.24, 2.45) is 11.7 Å². The maximum atomic E-state index is 12.2. The van der Waals surface area contributed by atoms with Crippen LogP contribution in [0, 0.1) is 12.8 Å². The van der Waals surface area contributed by atoms with Gasteiger partial charge in [-0.2, -0.15) is 16.9 Å². The third-order valence-corrected chi connectivity index (χ3v) is 5.02. The molecule has 1 unspecified atom stereocenters. The molecule has 0 aliphatic heterocycles. The molecule has 0 aliphatic rings. The summed E-state index contributed by atoms with van der Waals surface area (Å²) in [6.07, 6.45) is 2.00. The number of nitrogens with two attached hydrogens (primary N) is 1. The fraction of sp³-hybridized carbons (Fsp3) is 0.700. The van der Waals surface area contributed by atoms with E-state index in [-0.39, 0.29) is 17.4 Å². The molecule has 0 radical (unpaired) electrons. The summed E-state index contributed by atoms with van der Waals surface area (Å²) in [5.41, 5.74) is 6.37. The van der Waals surface area contributed by atoms with Crippen molar-refractivity contribution < 1.29 is 8.42 Å². The fourth-order valence-corrected chi connectivity index (χ4v) is 3.85. The predicted octanol–water partition coefficient (Wildman–Crippen LogP) is 0.454. The van der Waals surface area contributed by atoms with E-state index in [1.165, 1.54) is 0 Å². The lowest BCUT2D eigenvalue weighted by molar-refractivity contribution is 0.561. The van der Waals surface area contributed by atoms with Gasteiger partial charge < -0.3 is 5.73 Å². The number of aromatic amines is 1. The Hall–Kier alpha value is -0.570. The molecule has 8 heteroatoms. The lowest BCUT2D eigenvalue weighted by Crippen LogP contribution is -2.30. The lowest BCUT2D eigenvalue weighted by atomic mass is 10.2. The van der Waals surface area contributed by atoms with Gasteiger partial charge in [-0.3, -0.25) is 5.10 Å². The number of nitrogens with zero attached hydrogens (tertiary/aromatic N) is 1. The predicted molar refractivity (Wildman–Crippen MR) is 74.0 cm³/mol. The highest BCUT2D eigenvalue weighted by Crippen LogP contribution is 2.17. The molecule has 0 spiro atoms. The van der Waals surface area contributed by atoms with Crippen LogP contribution in [0.25, 0.3) is 0 Å². The largest absolute Gasteiger partial charge is 0.325 e. The van der Waals surface area contributed by atoms with Crippen molar-refractivity contribution in [3.63, 3.8) is 0 Å². The van der Waals surface area contributed by atoms with Gasteiger partial charge in [0.05, 0.1) is 11.4 Å². The standard InChI is InChI=1S/C10H20N4O2S2/c1-7(6-17-3)5-12-18(15,16)10-8(2)13-14-9(10)4-11/h7,12H,4-6,11H2,1-3H3,(H,13,14). The highest BCUT2D eigenvalue weighted by atomic mass is 32.2. The van der Waals surface area contributed by atoms with E-state index in [9.17, 15) is 8.42 Å². The van der Waals surface area contributed by atoms with Gasteiger partial charge in [-0.1, -0.05) is 6.92 Å². The molecule has 0 amide bonds. The Morgan fingerprint density at radius 2 is 2.22 bits per heavy atom. The molecule has 1 rings (SSSR count). The minimum atomic E-state index is -3.54. The van der Waals surface area contributed by atoms with E-state index >= 15 is 0 Å². The van der Waals surface area contributed by atoms with Crippen molar-refractivity contribution in [1.82, 2.24) is 14.9 Å². The number of aryl methyl sites for hydroxylation is 1. The first-order chi connectivity index (χ1) is 8.42. The van der Waals surface area contributed by atoms with Crippen molar-refractivity contribution in [2.45, 2.75) is 25.3 Å². The average molecular weight is 292 g/mol. The first-order valence-electron chi connectivity index (χ1n) is 5.64. The summed E-state index contributed by atoms with van der Waals surface area (Å²) in [5.74, 6) is 1.19. The van der Waals surface area contributed by atoms with Crippen LogP contribution in [0.3, 0.4) is 0 Å². The van der Waals surface area contributed by atoms with E-state index < -0.39 is 10.0 Å². The SMILES string of the molecule is CSCC(C)CNS(=O)(=O)c1c(CN)n[nH]c1C. The van der Waals surface area contributed by atoms with Crippen molar-refractivity contribution in [1.29, 1.82) is 0 Å². The quantitative estimate of drug-likeness (QED) is 0.677. The third kappa shape index (κ3) is 3.71. The van der Waals surface area contributed by atoms with Crippen LogP contribution in [0.1, 0.15) is 18.3 Å². The van der Waals surface area contributed by atoms with Crippen molar-refractivity contribution in [3.05, 3.63) is 11.4 Å². The van der Waals surface area contributed by atoms with E-state index in [1.54, 1.807) is 18.7 Å². The number of nitrogens with one attached hydrogen (secondary N) is 2. The van der Waals surface area contributed by atoms with Crippen molar-refractivity contribution in [2.75, 3.05) is 18.6 Å². The monoisotopic (exact) mass is 292 g/mol. The Labute approximate surface area is 112 Å². The van der Waals surface area contributed by atoms with Gasteiger partial charge in [-0.15, -0.1) is 0 Å². The van der Waals surface area contributed by atoms with E-state index in [2.05, 4.69) is 14.9 Å². The number of hydrogen-bond acceptors (Lipinski definition) is 5. The summed E-state index contributed by atoms with van der Waals surface area (Å²) in [7, 11) is -3.54. The van der Waals surface area contributed by atoms with Gasteiger partial charge in [0.2, 0.25) is 10.0 Å². The van der Waals surface area contributed by atoms with Crippen LogP contribution in [-0.2, 0) is 16.6 Å². The summed E-state index contributed by atoms with van der Waals surface area (Å²) in [4.78, 5) is 0.182. The summed E-state index contributed by atoms with van der Waals surface area (Å²) in [5, 5.41) is 6.54. The first kappa shape index (κ1) is 15.5. The fourth-order valence-electron chi connectivity index (χ4n) is 1.63. The summed E-state index contributed by atoms with van der Waals surface area (Å²) < 4.78 is 26.9. The van der Waals surface area contributed by atoms with Gasteiger partial charge in [0.15, 0.2) is 0 Å². The second-order valence-electron chi connectivity index (χ2n) is 4.24. The molecule has 0 fully saturated rings. The molecule has 1 aromatic rings. The Balaban J connectivity index is 2.83. The first-order valence-corrected chi connectivity index (χ1v) is 8.52. The Morgan fingerprint density at radius 3 is 2.78 bits per heavy atom. The van der Waals surface area contributed by atoms with Crippen LogP contribution >= 0.6 is 11.8 Å².